The summed E-state index contributed by atoms with van der Waals surface area (Å²) in [6.45, 7) is 7.69. The molecular formula is C13H24N2O2. The number of amides is 1. The second-order valence-corrected chi connectivity index (χ2v) is 6.09. The van der Waals surface area contributed by atoms with E-state index in [4.69, 9.17) is 4.74 Å². The Morgan fingerprint density at radius 2 is 2.06 bits per heavy atom. The number of hydrogen-bond donors (Lipinski definition) is 1. The zero-order chi connectivity index (χ0) is 12.5. The number of rotatable bonds is 1. The normalized spacial score (nSPS) is 29.7. The van der Waals surface area contributed by atoms with Gasteiger partial charge in [-0.2, -0.15) is 0 Å². The molecule has 0 saturated carbocycles. The summed E-state index contributed by atoms with van der Waals surface area (Å²) in [6, 6.07) is 0.817. The van der Waals surface area contributed by atoms with E-state index in [0.717, 1.165) is 25.9 Å². The van der Waals surface area contributed by atoms with Crippen molar-refractivity contribution in [3.8, 4) is 0 Å². The Hall–Kier alpha value is -0.770. The van der Waals surface area contributed by atoms with Gasteiger partial charge < -0.3 is 15.0 Å². The first-order valence-electron chi connectivity index (χ1n) is 6.70. The Bertz CT molecular complexity index is 280. The number of carbonyl (C=O) groups is 1. The average Bonchev–Trinajstić information content (AvgIpc) is 2.85. The highest BCUT2D eigenvalue weighted by molar-refractivity contribution is 5.69. The molecule has 0 bridgehead atoms. The molecule has 0 spiro atoms. The molecule has 0 radical (unpaired) electrons. The first kappa shape index (κ1) is 12.7. The minimum absolute atomic E-state index is 0.145. The molecule has 2 saturated heterocycles. The predicted octanol–water partition coefficient (Wildman–Crippen LogP) is 2.14. The van der Waals surface area contributed by atoms with Crippen molar-refractivity contribution in [2.24, 2.45) is 0 Å². The zero-order valence-corrected chi connectivity index (χ0v) is 11.2. The van der Waals surface area contributed by atoms with Crippen LogP contribution in [0.1, 0.15) is 46.5 Å². The summed E-state index contributed by atoms with van der Waals surface area (Å²) < 4.78 is 5.47. The summed E-state index contributed by atoms with van der Waals surface area (Å²) >= 11 is 0. The molecule has 1 amide bonds. The van der Waals surface area contributed by atoms with Gasteiger partial charge >= 0.3 is 6.09 Å². The largest absolute Gasteiger partial charge is 0.444 e. The fraction of sp³-hybridized carbons (Fsp3) is 0.923. The molecule has 4 heteroatoms. The van der Waals surface area contributed by atoms with Crippen molar-refractivity contribution in [3.63, 3.8) is 0 Å². The summed E-state index contributed by atoms with van der Waals surface area (Å²) in [5.74, 6) is 0. The molecule has 0 unspecified atom stereocenters. The Balaban J connectivity index is 1.96. The van der Waals surface area contributed by atoms with Gasteiger partial charge in [0.1, 0.15) is 5.60 Å². The maximum atomic E-state index is 12.1. The second kappa shape index (κ2) is 4.84. The summed E-state index contributed by atoms with van der Waals surface area (Å²) in [6.07, 6.45) is 4.47. The minimum Gasteiger partial charge on any atom is -0.444 e. The van der Waals surface area contributed by atoms with Crippen molar-refractivity contribution in [1.82, 2.24) is 10.2 Å². The minimum atomic E-state index is -0.396. The third-order valence-corrected chi connectivity index (χ3v) is 3.49. The molecule has 2 rings (SSSR count). The lowest BCUT2D eigenvalue weighted by molar-refractivity contribution is 0.0201. The van der Waals surface area contributed by atoms with Crippen LogP contribution >= 0.6 is 0 Å². The Labute approximate surface area is 104 Å². The summed E-state index contributed by atoms with van der Waals surface area (Å²) in [5.41, 5.74) is -0.396. The van der Waals surface area contributed by atoms with Crippen LogP contribution in [0.3, 0.4) is 0 Å². The fourth-order valence-corrected chi connectivity index (χ4v) is 2.80. The van der Waals surface area contributed by atoms with Crippen LogP contribution in [0.5, 0.6) is 0 Å². The molecule has 0 aromatic carbocycles. The highest BCUT2D eigenvalue weighted by atomic mass is 16.6. The smallest absolute Gasteiger partial charge is 0.410 e. The molecular weight excluding hydrogens is 216 g/mol. The van der Waals surface area contributed by atoms with Gasteiger partial charge in [0.15, 0.2) is 0 Å². The maximum absolute atomic E-state index is 12.1. The number of nitrogens with one attached hydrogen (secondary N) is 1. The topological polar surface area (TPSA) is 41.6 Å². The van der Waals surface area contributed by atoms with Crippen molar-refractivity contribution in [2.75, 3.05) is 13.1 Å². The van der Waals surface area contributed by atoms with Gasteiger partial charge in [0.05, 0.1) is 6.04 Å². The van der Waals surface area contributed by atoms with Gasteiger partial charge in [0.2, 0.25) is 0 Å². The van der Waals surface area contributed by atoms with Crippen LogP contribution < -0.4 is 5.32 Å². The summed E-state index contributed by atoms with van der Waals surface area (Å²) in [7, 11) is 0. The molecule has 2 fully saturated rings. The fourth-order valence-electron chi connectivity index (χ4n) is 2.80. The molecule has 0 aliphatic carbocycles. The average molecular weight is 240 g/mol. The number of carbonyl (C=O) groups excluding carboxylic acids is 1. The Morgan fingerprint density at radius 1 is 1.29 bits per heavy atom. The summed E-state index contributed by atoms with van der Waals surface area (Å²) in [5, 5.41) is 3.50. The van der Waals surface area contributed by atoms with Gasteiger partial charge in [0.25, 0.3) is 0 Å². The number of hydrogen-bond acceptors (Lipinski definition) is 3. The van der Waals surface area contributed by atoms with Gasteiger partial charge in [-0.1, -0.05) is 0 Å². The molecule has 2 aliphatic heterocycles. The molecule has 0 aromatic heterocycles. The zero-order valence-electron chi connectivity index (χ0n) is 11.2. The lowest BCUT2D eigenvalue weighted by Crippen LogP contribution is -2.48. The van der Waals surface area contributed by atoms with Crippen LogP contribution in [0.2, 0.25) is 0 Å². The van der Waals surface area contributed by atoms with Gasteiger partial charge in [-0.3, -0.25) is 0 Å². The molecule has 4 nitrogen and oxygen atoms in total. The molecule has 2 heterocycles. The Morgan fingerprint density at radius 3 is 2.65 bits per heavy atom. The highest BCUT2D eigenvalue weighted by Gasteiger charge is 2.37. The van der Waals surface area contributed by atoms with Gasteiger partial charge in [0, 0.05) is 12.6 Å². The molecule has 2 aliphatic rings. The monoisotopic (exact) mass is 240 g/mol. The first-order valence-corrected chi connectivity index (χ1v) is 6.70. The van der Waals surface area contributed by atoms with Crippen LogP contribution in [-0.4, -0.2) is 41.8 Å². The lowest BCUT2D eigenvalue weighted by atomic mass is 10.0. The molecule has 98 valence electrons. The number of nitrogens with zero attached hydrogens (tertiary/aromatic N) is 1. The predicted molar refractivity (Wildman–Crippen MR) is 67.0 cm³/mol. The first-order chi connectivity index (χ1) is 7.97. The van der Waals surface area contributed by atoms with E-state index in [1.807, 2.05) is 25.7 Å². The number of likely N-dealkylation sites (tertiary alicyclic amines) is 1. The van der Waals surface area contributed by atoms with E-state index in [1.165, 1.54) is 12.8 Å². The lowest BCUT2D eigenvalue weighted by Gasteiger charge is -2.31. The van der Waals surface area contributed by atoms with Crippen molar-refractivity contribution >= 4 is 6.09 Å². The number of ether oxygens (including phenoxy) is 1. The standard InChI is InChI=1S/C13H24N2O2/c1-13(2,3)17-12(16)15-9-5-7-11(15)10-6-4-8-14-10/h10-11,14H,4-9H2,1-3H3/t10-,11+/m0/s1. The van der Waals surface area contributed by atoms with Gasteiger partial charge in [-0.05, 0) is 53.0 Å². The Kier molecular flexibility index (Phi) is 3.61. The van der Waals surface area contributed by atoms with E-state index in [-0.39, 0.29) is 6.09 Å². The van der Waals surface area contributed by atoms with Crippen LogP contribution in [0.15, 0.2) is 0 Å². The third kappa shape index (κ3) is 3.12. The molecule has 1 N–H and O–H groups in total. The van der Waals surface area contributed by atoms with Crippen molar-refractivity contribution in [2.45, 2.75) is 64.1 Å². The quantitative estimate of drug-likeness (QED) is 0.763. The van der Waals surface area contributed by atoms with Crippen LogP contribution in [0.25, 0.3) is 0 Å². The summed E-state index contributed by atoms with van der Waals surface area (Å²) in [4.78, 5) is 14.0. The van der Waals surface area contributed by atoms with Gasteiger partial charge in [-0.25, -0.2) is 4.79 Å². The van der Waals surface area contributed by atoms with Gasteiger partial charge in [-0.15, -0.1) is 0 Å². The van der Waals surface area contributed by atoms with Crippen LogP contribution in [0.4, 0.5) is 4.79 Å². The van der Waals surface area contributed by atoms with Crippen LogP contribution in [-0.2, 0) is 4.74 Å². The van der Waals surface area contributed by atoms with Crippen molar-refractivity contribution < 1.29 is 9.53 Å². The SMILES string of the molecule is CC(C)(C)OC(=O)N1CCC[C@@H]1[C@@H]1CCCN1. The van der Waals surface area contributed by atoms with E-state index < -0.39 is 5.60 Å². The highest BCUT2D eigenvalue weighted by Crippen LogP contribution is 2.26. The molecule has 17 heavy (non-hydrogen) atoms. The van der Waals surface area contributed by atoms with E-state index >= 15 is 0 Å². The second-order valence-electron chi connectivity index (χ2n) is 6.09. The van der Waals surface area contributed by atoms with Crippen LogP contribution in [0, 0.1) is 0 Å². The van der Waals surface area contributed by atoms with E-state index in [2.05, 4.69) is 5.32 Å². The van der Waals surface area contributed by atoms with E-state index in [0.29, 0.717) is 12.1 Å². The van der Waals surface area contributed by atoms with E-state index in [9.17, 15) is 4.79 Å². The maximum Gasteiger partial charge on any atom is 0.410 e. The molecule has 0 aromatic rings. The van der Waals surface area contributed by atoms with Crippen molar-refractivity contribution in [1.29, 1.82) is 0 Å². The van der Waals surface area contributed by atoms with Crippen molar-refractivity contribution in [3.05, 3.63) is 0 Å². The van der Waals surface area contributed by atoms with E-state index in [1.54, 1.807) is 0 Å². The third-order valence-electron chi connectivity index (χ3n) is 3.49. The molecule has 2 atom stereocenters.